The van der Waals surface area contributed by atoms with Crippen molar-refractivity contribution in [1.82, 2.24) is 0 Å². The highest BCUT2D eigenvalue weighted by Crippen LogP contribution is 1.94. The van der Waals surface area contributed by atoms with E-state index in [1.54, 1.807) is 20.2 Å². The minimum atomic E-state index is -1.09. The Labute approximate surface area is 109 Å². The second kappa shape index (κ2) is 10.2. The van der Waals surface area contributed by atoms with Crippen LogP contribution < -0.4 is 0 Å². The van der Waals surface area contributed by atoms with Crippen LogP contribution in [0.4, 0.5) is 4.79 Å². The topological polar surface area (TPSA) is 26.3 Å². The Morgan fingerprint density at radius 2 is 2.00 bits per heavy atom. The van der Waals surface area contributed by atoms with Crippen LogP contribution in [0.2, 0.25) is 0 Å². The maximum atomic E-state index is 11.0. The SMILES string of the molecule is [B]C([B])OC(=O)[B][B][B][B]C(/C=C\C)=C/C=C. The minimum Gasteiger partial charge on any atom is -0.492 e. The molecule has 0 spiro atoms. The molecular formula is C9H10B6O2. The first-order chi connectivity index (χ1) is 8.10. The summed E-state index contributed by atoms with van der Waals surface area (Å²) in [4.78, 5) is 11.0. The molecule has 76 valence electrons. The van der Waals surface area contributed by atoms with Gasteiger partial charge in [0, 0.05) is 20.0 Å². The third-order valence-corrected chi connectivity index (χ3v) is 1.55. The molecule has 0 aromatic carbocycles. The van der Waals surface area contributed by atoms with Crippen LogP contribution in [-0.4, -0.2) is 55.9 Å². The lowest BCUT2D eigenvalue weighted by Gasteiger charge is -2.07. The fourth-order valence-corrected chi connectivity index (χ4v) is 0.969. The van der Waals surface area contributed by atoms with E-state index in [4.69, 9.17) is 15.7 Å². The zero-order chi connectivity index (χ0) is 13.1. The van der Waals surface area contributed by atoms with Crippen molar-refractivity contribution < 1.29 is 9.53 Å². The fraction of sp³-hybridized carbons (Fsp3) is 0.222. The van der Waals surface area contributed by atoms with Crippen molar-refractivity contribution in [3.63, 3.8) is 0 Å². The van der Waals surface area contributed by atoms with Crippen LogP contribution in [0, 0.1) is 0 Å². The Hall–Kier alpha value is -0.920. The highest BCUT2D eigenvalue weighted by Gasteiger charge is 2.07. The number of hydrogen-bond donors (Lipinski definition) is 0. The monoisotopic (exact) mass is 216 g/mol. The van der Waals surface area contributed by atoms with Crippen LogP contribution in [0.15, 0.2) is 36.4 Å². The van der Waals surface area contributed by atoms with Gasteiger partial charge in [0.15, 0.2) is 0 Å². The van der Waals surface area contributed by atoms with E-state index < -0.39 is 11.8 Å². The van der Waals surface area contributed by atoms with Crippen molar-refractivity contribution in [1.29, 1.82) is 0 Å². The number of rotatable bonds is 8. The summed E-state index contributed by atoms with van der Waals surface area (Å²) in [5.74, 6) is -1.67. The molecule has 0 rings (SSSR count). The smallest absolute Gasteiger partial charge is 0.232 e. The molecule has 8 radical (unpaired) electrons. The van der Waals surface area contributed by atoms with Gasteiger partial charge in [-0.3, -0.25) is 4.79 Å². The molecule has 0 unspecified atom stereocenters. The molecular weight excluding hydrogens is 205 g/mol. The summed E-state index contributed by atoms with van der Waals surface area (Å²) in [6.07, 6.45) is 7.36. The van der Waals surface area contributed by atoms with Crippen LogP contribution in [0.25, 0.3) is 0 Å². The molecule has 0 atom stereocenters. The third kappa shape index (κ3) is 9.98. The summed E-state index contributed by atoms with van der Waals surface area (Å²) in [5, 5.41) is 0. The summed E-state index contributed by atoms with van der Waals surface area (Å²) in [7, 11) is 16.5. The molecule has 0 fully saturated rings. The summed E-state index contributed by atoms with van der Waals surface area (Å²) in [5.41, 5.74) is 0.969. The first kappa shape index (κ1) is 16.1. The molecule has 17 heavy (non-hydrogen) atoms. The lowest BCUT2D eigenvalue weighted by atomic mass is 9.07. The number of ether oxygens (including phenoxy) is 1. The van der Waals surface area contributed by atoms with Gasteiger partial charge in [-0.25, -0.2) is 0 Å². The van der Waals surface area contributed by atoms with Gasteiger partial charge >= 0.3 is 0 Å². The van der Waals surface area contributed by atoms with E-state index in [-0.39, 0.29) is 0 Å². The van der Waals surface area contributed by atoms with Crippen LogP contribution in [-0.2, 0) is 4.74 Å². The normalized spacial score (nSPS) is 11.1. The van der Waals surface area contributed by atoms with Gasteiger partial charge in [0.25, 0.3) is 0 Å². The van der Waals surface area contributed by atoms with E-state index >= 15 is 0 Å². The van der Waals surface area contributed by atoms with Crippen molar-refractivity contribution in [2.75, 3.05) is 0 Å². The first-order valence-electron chi connectivity index (χ1n) is 5.12. The molecule has 0 aliphatic heterocycles. The number of allylic oxidation sites excluding steroid dienone is 5. The van der Waals surface area contributed by atoms with E-state index in [9.17, 15) is 4.79 Å². The van der Waals surface area contributed by atoms with Crippen LogP contribution in [0.3, 0.4) is 0 Å². The molecule has 2 nitrogen and oxygen atoms in total. The summed E-state index contributed by atoms with van der Waals surface area (Å²) in [6, 6.07) is 0. The fourth-order valence-electron chi connectivity index (χ4n) is 0.969. The average Bonchev–Trinajstić information content (AvgIpc) is 2.24. The van der Waals surface area contributed by atoms with Gasteiger partial charge in [-0.05, 0) is 6.92 Å². The molecule has 0 heterocycles. The highest BCUT2D eigenvalue weighted by molar-refractivity contribution is 7.49. The van der Waals surface area contributed by atoms with Crippen LogP contribution >= 0.6 is 0 Å². The van der Waals surface area contributed by atoms with Gasteiger partial charge in [0.1, 0.15) is 15.7 Å². The van der Waals surface area contributed by atoms with Crippen molar-refractivity contribution in [3.05, 3.63) is 36.4 Å². The largest absolute Gasteiger partial charge is 0.492 e. The van der Waals surface area contributed by atoms with Crippen LogP contribution in [0.1, 0.15) is 6.92 Å². The van der Waals surface area contributed by atoms with E-state index in [0.29, 0.717) is 0 Å². The Kier molecular flexibility index (Phi) is 9.69. The predicted molar refractivity (Wildman–Crippen MR) is 77.9 cm³/mol. The molecule has 8 heteroatoms. The molecule has 0 saturated carbocycles. The van der Waals surface area contributed by atoms with Crippen LogP contribution in [0.5, 0.6) is 0 Å². The lowest BCUT2D eigenvalue weighted by Crippen LogP contribution is -2.29. The zero-order valence-electron chi connectivity index (χ0n) is 9.87. The van der Waals surface area contributed by atoms with Crippen molar-refractivity contribution in [3.8, 4) is 0 Å². The molecule has 0 aliphatic carbocycles. The van der Waals surface area contributed by atoms with E-state index in [0.717, 1.165) is 5.47 Å². The third-order valence-electron chi connectivity index (χ3n) is 1.55. The van der Waals surface area contributed by atoms with Gasteiger partial charge < -0.3 is 4.74 Å². The lowest BCUT2D eigenvalue weighted by molar-refractivity contribution is 0.182. The van der Waals surface area contributed by atoms with Crippen molar-refractivity contribution in [2.24, 2.45) is 0 Å². The maximum absolute atomic E-state index is 11.0. The number of carbonyl (C=O) groups excluding carboxylic acids is 1. The quantitative estimate of drug-likeness (QED) is 0.322. The van der Waals surface area contributed by atoms with E-state index in [1.807, 2.05) is 32.3 Å². The Morgan fingerprint density at radius 3 is 2.53 bits per heavy atom. The molecule has 0 N–H and O–H groups in total. The van der Waals surface area contributed by atoms with Gasteiger partial charge in [-0.2, -0.15) is 0 Å². The minimum absolute atomic E-state index is 0.579. The van der Waals surface area contributed by atoms with Crippen molar-refractivity contribution >= 4 is 50.0 Å². The summed E-state index contributed by atoms with van der Waals surface area (Å²) < 4.78 is 4.50. The molecule has 0 bridgehead atoms. The molecule has 0 amide bonds. The zero-order valence-corrected chi connectivity index (χ0v) is 9.87. The second-order valence-electron chi connectivity index (χ2n) is 3.02. The van der Waals surface area contributed by atoms with Gasteiger partial charge in [-0.1, -0.05) is 36.4 Å². The molecule has 0 aromatic rings. The Bertz CT molecular complexity index is 300. The van der Waals surface area contributed by atoms with Gasteiger partial charge in [0.05, 0.1) is 7.17 Å². The molecule has 0 aromatic heterocycles. The van der Waals surface area contributed by atoms with Gasteiger partial charge in [0.2, 0.25) is 13.0 Å². The van der Waals surface area contributed by atoms with Gasteiger partial charge in [-0.15, -0.1) is 0 Å². The van der Waals surface area contributed by atoms with E-state index in [2.05, 4.69) is 11.3 Å². The maximum Gasteiger partial charge on any atom is 0.232 e. The first-order valence-corrected chi connectivity index (χ1v) is 5.12. The van der Waals surface area contributed by atoms with Crippen molar-refractivity contribution in [2.45, 2.75) is 12.8 Å². The average molecular weight is 215 g/mol. The number of hydrogen-bond acceptors (Lipinski definition) is 2. The Balaban J connectivity index is 3.79. The van der Waals surface area contributed by atoms with E-state index in [1.165, 1.54) is 7.17 Å². The molecule has 0 saturated heterocycles. The second-order valence-corrected chi connectivity index (χ2v) is 3.02. The summed E-state index contributed by atoms with van der Waals surface area (Å²) in [6.45, 7) is 5.53. The Morgan fingerprint density at radius 1 is 1.35 bits per heavy atom. The summed E-state index contributed by atoms with van der Waals surface area (Å²) >= 11 is 0. The predicted octanol–water partition coefficient (Wildman–Crippen LogP) is -0.0486. The molecule has 0 aliphatic rings. The standard InChI is InChI=1S/C9H10B6O2/c1-3-5-7(6-4-2)12-14-15-13-9(16)17-8(10)11/h3-6,8H,1H2,2H3/b6-4-,7-5+. The highest BCUT2D eigenvalue weighted by atomic mass is 16.5. The number of carbonyl (C=O) groups is 1.